The number of rotatable bonds is 6. The van der Waals surface area contributed by atoms with Crippen molar-refractivity contribution in [2.45, 2.75) is 25.2 Å². The Morgan fingerprint density at radius 2 is 1.82 bits per heavy atom. The van der Waals surface area contributed by atoms with Gasteiger partial charge in [-0.1, -0.05) is 13.8 Å². The Bertz CT molecular complexity index is 1270. The number of nitro groups is 1. The molecule has 0 unspecified atom stereocenters. The molecule has 4 rings (SSSR count). The molecule has 33 heavy (non-hydrogen) atoms. The molecule has 1 aliphatic rings. The Morgan fingerprint density at radius 3 is 2.42 bits per heavy atom. The van der Waals surface area contributed by atoms with Gasteiger partial charge in [0.2, 0.25) is 10.0 Å². The van der Waals surface area contributed by atoms with Crippen LogP contribution in [0.4, 0.5) is 10.8 Å². The van der Waals surface area contributed by atoms with Crippen molar-refractivity contribution in [3.8, 4) is 10.6 Å². The second-order valence-corrected chi connectivity index (χ2v) is 11.9. The predicted octanol–water partition coefficient (Wildman–Crippen LogP) is 4.70. The smallest absolute Gasteiger partial charge is 0.280 e. The SMILES string of the molecule is C[C@H]1C[C@H](C)CN(S(=O)(=O)c2ccc(C(=O)Nc3nc(-c4cc([N+](=O)[O-])cs4)cs3)cc2)C1. The molecule has 2 atom stereocenters. The third-order valence-corrected chi connectivity index (χ3v) is 8.91. The Morgan fingerprint density at radius 1 is 1.15 bits per heavy atom. The fraction of sp³-hybridized carbons (Fsp3) is 0.333. The molecule has 1 saturated heterocycles. The molecule has 1 amide bonds. The second-order valence-electron chi connectivity index (χ2n) is 8.21. The summed E-state index contributed by atoms with van der Waals surface area (Å²) in [6, 6.07) is 7.30. The van der Waals surface area contributed by atoms with Gasteiger partial charge in [-0.3, -0.25) is 20.2 Å². The highest BCUT2D eigenvalue weighted by Crippen LogP contribution is 2.33. The maximum Gasteiger partial charge on any atom is 0.280 e. The number of hydrogen-bond acceptors (Lipinski definition) is 8. The van der Waals surface area contributed by atoms with Crippen LogP contribution < -0.4 is 5.32 Å². The van der Waals surface area contributed by atoms with Crippen LogP contribution in [0.2, 0.25) is 0 Å². The highest BCUT2D eigenvalue weighted by molar-refractivity contribution is 7.89. The molecular weight excluding hydrogens is 484 g/mol. The highest BCUT2D eigenvalue weighted by Gasteiger charge is 2.31. The second kappa shape index (κ2) is 9.29. The number of piperidine rings is 1. The topological polar surface area (TPSA) is 123 Å². The van der Waals surface area contributed by atoms with Crippen molar-refractivity contribution in [2.75, 3.05) is 18.4 Å². The first-order valence-electron chi connectivity index (χ1n) is 10.2. The lowest BCUT2D eigenvalue weighted by Crippen LogP contribution is -2.42. The van der Waals surface area contributed by atoms with Crippen molar-refractivity contribution in [3.63, 3.8) is 0 Å². The monoisotopic (exact) mass is 506 g/mol. The van der Waals surface area contributed by atoms with E-state index in [1.54, 1.807) is 5.38 Å². The van der Waals surface area contributed by atoms with Gasteiger partial charge in [0.25, 0.3) is 11.6 Å². The van der Waals surface area contributed by atoms with Crippen LogP contribution in [0, 0.1) is 22.0 Å². The van der Waals surface area contributed by atoms with Crippen molar-refractivity contribution in [3.05, 3.63) is 56.8 Å². The third kappa shape index (κ3) is 5.13. The first-order valence-corrected chi connectivity index (χ1v) is 13.4. The van der Waals surface area contributed by atoms with E-state index in [0.29, 0.717) is 46.2 Å². The van der Waals surface area contributed by atoms with Crippen molar-refractivity contribution in [1.29, 1.82) is 0 Å². The van der Waals surface area contributed by atoms with Gasteiger partial charge in [-0.15, -0.1) is 22.7 Å². The lowest BCUT2D eigenvalue weighted by atomic mass is 9.94. The van der Waals surface area contributed by atoms with Gasteiger partial charge < -0.3 is 0 Å². The van der Waals surface area contributed by atoms with Crippen LogP contribution >= 0.6 is 22.7 Å². The van der Waals surface area contributed by atoms with Gasteiger partial charge in [0.05, 0.1) is 25.8 Å². The number of benzene rings is 1. The molecule has 3 aromatic rings. The van der Waals surface area contributed by atoms with Crippen LogP contribution in [0.25, 0.3) is 10.6 Å². The molecule has 1 N–H and O–H groups in total. The van der Waals surface area contributed by atoms with E-state index in [1.165, 1.54) is 62.7 Å². The van der Waals surface area contributed by atoms with Crippen LogP contribution in [-0.2, 0) is 10.0 Å². The van der Waals surface area contributed by atoms with E-state index < -0.39 is 20.9 Å². The lowest BCUT2D eigenvalue weighted by molar-refractivity contribution is -0.384. The number of carbonyl (C=O) groups is 1. The maximum atomic E-state index is 13.0. The number of nitrogens with zero attached hydrogens (tertiary/aromatic N) is 3. The van der Waals surface area contributed by atoms with Gasteiger partial charge >= 0.3 is 0 Å². The number of amides is 1. The van der Waals surface area contributed by atoms with Crippen molar-refractivity contribution < 1.29 is 18.1 Å². The zero-order valence-corrected chi connectivity index (χ0v) is 20.4. The van der Waals surface area contributed by atoms with Crippen LogP contribution in [0.5, 0.6) is 0 Å². The van der Waals surface area contributed by atoms with Gasteiger partial charge in [-0.2, -0.15) is 4.31 Å². The van der Waals surface area contributed by atoms with Crippen LogP contribution in [-0.4, -0.2) is 41.6 Å². The molecule has 0 spiro atoms. The quantitative estimate of drug-likeness (QED) is 0.382. The van der Waals surface area contributed by atoms with E-state index in [1.807, 2.05) is 0 Å². The van der Waals surface area contributed by atoms with Gasteiger partial charge in [-0.25, -0.2) is 13.4 Å². The van der Waals surface area contributed by atoms with Crippen LogP contribution in [0.3, 0.4) is 0 Å². The first-order chi connectivity index (χ1) is 15.6. The summed E-state index contributed by atoms with van der Waals surface area (Å²) in [5.74, 6) is 0.186. The van der Waals surface area contributed by atoms with E-state index in [2.05, 4.69) is 24.1 Å². The average molecular weight is 507 g/mol. The molecule has 12 heteroatoms. The Hall–Kier alpha value is -2.67. The summed E-state index contributed by atoms with van der Waals surface area (Å²) in [5, 5.41) is 17.0. The van der Waals surface area contributed by atoms with E-state index in [4.69, 9.17) is 0 Å². The number of thiazole rings is 1. The number of sulfonamides is 1. The van der Waals surface area contributed by atoms with Gasteiger partial charge in [-0.05, 0) is 42.5 Å². The highest BCUT2D eigenvalue weighted by atomic mass is 32.2. The lowest BCUT2D eigenvalue weighted by Gasteiger charge is -2.34. The third-order valence-electron chi connectivity index (χ3n) is 5.36. The van der Waals surface area contributed by atoms with Crippen molar-refractivity contribution in [2.24, 2.45) is 11.8 Å². The fourth-order valence-electron chi connectivity index (χ4n) is 3.90. The summed E-state index contributed by atoms with van der Waals surface area (Å²) in [6.07, 6.45) is 1.01. The molecule has 2 aromatic heterocycles. The summed E-state index contributed by atoms with van der Waals surface area (Å²) in [7, 11) is -3.62. The molecule has 1 fully saturated rings. The molecule has 1 aliphatic heterocycles. The number of carbonyl (C=O) groups excluding carboxylic acids is 1. The Labute approximate surface area is 199 Å². The van der Waals surface area contributed by atoms with E-state index in [-0.39, 0.29) is 10.6 Å². The fourth-order valence-corrected chi connectivity index (χ4v) is 7.17. The molecule has 0 bridgehead atoms. The van der Waals surface area contributed by atoms with Crippen LogP contribution in [0.1, 0.15) is 30.6 Å². The van der Waals surface area contributed by atoms with Gasteiger partial charge in [0.15, 0.2) is 5.13 Å². The predicted molar refractivity (Wildman–Crippen MR) is 128 cm³/mol. The minimum Gasteiger partial charge on any atom is -0.298 e. The largest absolute Gasteiger partial charge is 0.298 e. The van der Waals surface area contributed by atoms with E-state index in [0.717, 1.165) is 6.42 Å². The van der Waals surface area contributed by atoms with Gasteiger partial charge in [0, 0.05) is 30.1 Å². The zero-order valence-electron chi connectivity index (χ0n) is 17.9. The standard InChI is InChI=1S/C21H22N4O5S3/c1-13-7-14(2)10-24(9-13)33(29,30)17-5-3-15(4-6-17)20(26)23-21-22-18(12-32-21)19-8-16(11-31-19)25(27)28/h3-6,8,11-14H,7,9-10H2,1-2H3,(H,22,23,26)/t13-,14-/m0/s1. The summed E-state index contributed by atoms with van der Waals surface area (Å²) >= 11 is 2.41. The average Bonchev–Trinajstić information content (AvgIpc) is 3.43. The number of anilines is 1. The molecule has 3 heterocycles. The molecular formula is C21H22N4O5S3. The van der Waals surface area contributed by atoms with Gasteiger partial charge in [0.1, 0.15) is 0 Å². The summed E-state index contributed by atoms with van der Waals surface area (Å²) in [4.78, 5) is 28.1. The Balaban J connectivity index is 1.44. The molecule has 9 nitrogen and oxygen atoms in total. The summed E-state index contributed by atoms with van der Waals surface area (Å²) < 4.78 is 27.5. The minimum absolute atomic E-state index is 0.00269. The molecule has 0 saturated carbocycles. The molecule has 1 aromatic carbocycles. The van der Waals surface area contributed by atoms with E-state index in [9.17, 15) is 23.3 Å². The zero-order chi connectivity index (χ0) is 23.8. The van der Waals surface area contributed by atoms with Crippen molar-refractivity contribution >= 4 is 49.4 Å². The normalized spacial score (nSPS) is 19.3. The number of aromatic nitrogens is 1. The van der Waals surface area contributed by atoms with Crippen molar-refractivity contribution in [1.82, 2.24) is 9.29 Å². The minimum atomic E-state index is -3.62. The molecule has 174 valence electrons. The number of nitrogens with one attached hydrogen (secondary N) is 1. The first kappa shape index (κ1) is 23.5. The number of hydrogen-bond donors (Lipinski definition) is 1. The van der Waals surface area contributed by atoms with E-state index >= 15 is 0 Å². The number of thiophene rings is 1. The maximum absolute atomic E-state index is 13.0. The summed E-state index contributed by atoms with van der Waals surface area (Å²) in [6.45, 7) is 5.09. The molecule has 0 aliphatic carbocycles. The summed E-state index contributed by atoms with van der Waals surface area (Å²) in [5.41, 5.74) is 0.842. The molecule has 0 radical (unpaired) electrons. The Kier molecular flexibility index (Phi) is 6.61. The van der Waals surface area contributed by atoms with Crippen LogP contribution in [0.15, 0.2) is 46.0 Å².